The molecule has 0 aromatic carbocycles. The Morgan fingerprint density at radius 1 is 1.00 bits per heavy atom. The molecule has 3 nitrogen and oxygen atoms in total. The molecule has 4 aliphatic carbocycles. The molecule has 1 aromatic rings. The molecule has 5 rings (SSSR count). The molecule has 0 spiro atoms. The lowest BCUT2D eigenvalue weighted by Crippen LogP contribution is -2.49. The monoisotopic (exact) mass is 271 g/mol. The van der Waals surface area contributed by atoms with E-state index >= 15 is 0 Å². The minimum absolute atomic E-state index is 0.358. The van der Waals surface area contributed by atoms with Crippen LogP contribution in [0.3, 0.4) is 0 Å². The van der Waals surface area contributed by atoms with Gasteiger partial charge < -0.3 is 5.73 Å². The van der Waals surface area contributed by atoms with Gasteiger partial charge in [-0.3, -0.25) is 0 Å². The van der Waals surface area contributed by atoms with Gasteiger partial charge in [0.2, 0.25) is 0 Å². The van der Waals surface area contributed by atoms with Crippen LogP contribution >= 0.6 is 0 Å². The second-order valence-corrected chi connectivity index (χ2v) is 7.59. The average molecular weight is 271 g/mol. The molecule has 0 aliphatic heterocycles. The number of hydrogen-bond acceptors (Lipinski definition) is 3. The topological polar surface area (TPSA) is 51.8 Å². The van der Waals surface area contributed by atoms with Crippen molar-refractivity contribution in [3.63, 3.8) is 0 Å². The van der Waals surface area contributed by atoms with Crippen molar-refractivity contribution in [1.82, 2.24) is 9.97 Å². The van der Waals surface area contributed by atoms with Gasteiger partial charge in [0, 0.05) is 12.0 Å². The fraction of sp³-hybridized carbons (Fsp3) is 0.765. The van der Waals surface area contributed by atoms with Gasteiger partial charge >= 0.3 is 0 Å². The van der Waals surface area contributed by atoms with Crippen LogP contribution in [0, 0.1) is 31.6 Å². The first-order valence-electron chi connectivity index (χ1n) is 8.14. The van der Waals surface area contributed by atoms with E-state index in [1.165, 1.54) is 49.8 Å². The van der Waals surface area contributed by atoms with Crippen molar-refractivity contribution in [3.05, 3.63) is 22.8 Å². The standard InChI is InChI=1S/C17H25N3/c1-10-15(9-18)19-11(2)20-16(10)17-6-12-3-13(7-17)5-14(4-12)8-17/h12-14H,3-9,18H2,1-2H3. The van der Waals surface area contributed by atoms with E-state index in [1.807, 2.05) is 6.92 Å². The van der Waals surface area contributed by atoms with Crippen LogP contribution < -0.4 is 5.73 Å². The highest BCUT2D eigenvalue weighted by molar-refractivity contribution is 5.33. The molecular formula is C17H25N3. The van der Waals surface area contributed by atoms with Gasteiger partial charge in [0.05, 0.1) is 11.4 Å². The molecule has 1 aromatic heterocycles. The molecule has 1 heterocycles. The van der Waals surface area contributed by atoms with Gasteiger partial charge in [-0.1, -0.05) is 0 Å². The summed E-state index contributed by atoms with van der Waals surface area (Å²) in [7, 11) is 0. The highest BCUT2D eigenvalue weighted by atomic mass is 14.9. The van der Waals surface area contributed by atoms with Gasteiger partial charge in [0.15, 0.2) is 0 Å². The van der Waals surface area contributed by atoms with E-state index in [0.717, 1.165) is 29.3 Å². The molecule has 4 saturated carbocycles. The van der Waals surface area contributed by atoms with Crippen LogP contribution in [-0.4, -0.2) is 9.97 Å². The molecule has 20 heavy (non-hydrogen) atoms. The first-order valence-corrected chi connectivity index (χ1v) is 8.14. The number of aromatic nitrogens is 2. The van der Waals surface area contributed by atoms with E-state index in [9.17, 15) is 0 Å². The average Bonchev–Trinajstić information content (AvgIpc) is 2.39. The molecule has 0 amide bonds. The summed E-state index contributed by atoms with van der Waals surface area (Å²) in [6, 6.07) is 0. The smallest absolute Gasteiger partial charge is 0.125 e. The van der Waals surface area contributed by atoms with Gasteiger partial charge in [-0.2, -0.15) is 0 Å². The van der Waals surface area contributed by atoms with E-state index in [-0.39, 0.29) is 0 Å². The molecule has 0 saturated heterocycles. The molecule has 4 fully saturated rings. The van der Waals surface area contributed by atoms with Crippen molar-refractivity contribution in [3.8, 4) is 0 Å². The minimum atomic E-state index is 0.358. The van der Waals surface area contributed by atoms with Gasteiger partial charge in [-0.05, 0) is 75.7 Å². The van der Waals surface area contributed by atoms with Crippen molar-refractivity contribution in [2.24, 2.45) is 23.5 Å². The predicted molar refractivity (Wildman–Crippen MR) is 79.2 cm³/mol. The first kappa shape index (κ1) is 12.8. The Hall–Kier alpha value is -0.960. The summed E-state index contributed by atoms with van der Waals surface area (Å²) < 4.78 is 0. The van der Waals surface area contributed by atoms with Crippen molar-refractivity contribution >= 4 is 0 Å². The Morgan fingerprint density at radius 2 is 1.55 bits per heavy atom. The van der Waals surface area contributed by atoms with E-state index in [0.29, 0.717) is 12.0 Å². The summed E-state index contributed by atoms with van der Waals surface area (Å²) in [6.07, 6.45) is 8.52. The SMILES string of the molecule is Cc1nc(CN)c(C)c(C23CC4CC(CC(C4)C2)C3)n1. The number of aryl methyl sites for hydroxylation is 1. The predicted octanol–water partition coefficient (Wildman–Crippen LogP) is 3.02. The van der Waals surface area contributed by atoms with E-state index < -0.39 is 0 Å². The Balaban J connectivity index is 1.82. The molecule has 0 radical (unpaired) electrons. The lowest BCUT2D eigenvalue weighted by atomic mass is 9.48. The lowest BCUT2D eigenvalue weighted by molar-refractivity contribution is -0.00769. The van der Waals surface area contributed by atoms with Crippen molar-refractivity contribution < 1.29 is 0 Å². The molecule has 4 bridgehead atoms. The maximum Gasteiger partial charge on any atom is 0.125 e. The van der Waals surface area contributed by atoms with E-state index in [2.05, 4.69) is 11.9 Å². The van der Waals surface area contributed by atoms with Crippen LogP contribution in [0.1, 0.15) is 61.3 Å². The fourth-order valence-corrected chi connectivity index (χ4v) is 5.80. The van der Waals surface area contributed by atoms with Crippen LogP contribution in [-0.2, 0) is 12.0 Å². The van der Waals surface area contributed by atoms with Gasteiger partial charge in [0.1, 0.15) is 5.82 Å². The zero-order chi connectivity index (χ0) is 13.9. The van der Waals surface area contributed by atoms with E-state index in [4.69, 9.17) is 10.7 Å². The lowest BCUT2D eigenvalue weighted by Gasteiger charge is -2.56. The summed E-state index contributed by atoms with van der Waals surface area (Å²) in [5.41, 5.74) is 9.94. The van der Waals surface area contributed by atoms with Crippen LogP contribution in [0.4, 0.5) is 0 Å². The summed E-state index contributed by atoms with van der Waals surface area (Å²) in [5, 5.41) is 0. The zero-order valence-electron chi connectivity index (χ0n) is 12.7. The summed E-state index contributed by atoms with van der Waals surface area (Å²) in [6.45, 7) is 4.74. The summed E-state index contributed by atoms with van der Waals surface area (Å²) in [4.78, 5) is 9.45. The van der Waals surface area contributed by atoms with E-state index in [1.54, 1.807) is 0 Å². The number of hydrogen-bond donors (Lipinski definition) is 1. The fourth-order valence-electron chi connectivity index (χ4n) is 5.80. The summed E-state index contributed by atoms with van der Waals surface area (Å²) >= 11 is 0. The Bertz CT molecular complexity index is 514. The van der Waals surface area contributed by atoms with Gasteiger partial charge in [-0.15, -0.1) is 0 Å². The van der Waals surface area contributed by atoms with Crippen LogP contribution in [0.2, 0.25) is 0 Å². The normalized spacial score (nSPS) is 38.5. The maximum atomic E-state index is 5.89. The van der Waals surface area contributed by atoms with Crippen molar-refractivity contribution in [2.45, 2.75) is 64.3 Å². The molecular weight excluding hydrogens is 246 g/mol. The molecule has 108 valence electrons. The molecule has 4 aliphatic rings. The minimum Gasteiger partial charge on any atom is -0.325 e. The molecule has 2 N–H and O–H groups in total. The third kappa shape index (κ3) is 1.75. The quantitative estimate of drug-likeness (QED) is 0.899. The number of nitrogens with zero attached hydrogens (tertiary/aromatic N) is 2. The third-order valence-corrected chi connectivity index (χ3v) is 6.09. The van der Waals surface area contributed by atoms with Crippen LogP contribution in [0.25, 0.3) is 0 Å². The third-order valence-electron chi connectivity index (χ3n) is 6.09. The van der Waals surface area contributed by atoms with Crippen LogP contribution in [0.15, 0.2) is 0 Å². The second kappa shape index (κ2) is 4.27. The maximum absolute atomic E-state index is 5.89. The zero-order valence-corrected chi connectivity index (χ0v) is 12.7. The van der Waals surface area contributed by atoms with Gasteiger partial charge in [0.25, 0.3) is 0 Å². The first-order chi connectivity index (χ1) is 9.59. The van der Waals surface area contributed by atoms with Gasteiger partial charge in [-0.25, -0.2) is 9.97 Å². The Labute approximate surface area is 121 Å². The second-order valence-electron chi connectivity index (χ2n) is 7.59. The molecule has 3 heteroatoms. The highest BCUT2D eigenvalue weighted by Gasteiger charge is 2.52. The van der Waals surface area contributed by atoms with Crippen LogP contribution in [0.5, 0.6) is 0 Å². The Kier molecular flexibility index (Phi) is 2.72. The molecule has 0 atom stereocenters. The largest absolute Gasteiger partial charge is 0.325 e. The van der Waals surface area contributed by atoms with Crippen molar-refractivity contribution in [1.29, 1.82) is 0 Å². The molecule has 0 unspecified atom stereocenters. The number of rotatable bonds is 2. The number of nitrogens with two attached hydrogens (primary N) is 1. The Morgan fingerprint density at radius 3 is 2.05 bits per heavy atom. The highest BCUT2D eigenvalue weighted by Crippen LogP contribution is 2.60. The van der Waals surface area contributed by atoms with Crippen molar-refractivity contribution in [2.75, 3.05) is 0 Å². The summed E-state index contributed by atoms with van der Waals surface area (Å²) in [5.74, 6) is 3.77.